The topological polar surface area (TPSA) is 203 Å². The predicted molar refractivity (Wildman–Crippen MR) is 188 cm³/mol. The van der Waals surface area contributed by atoms with E-state index < -0.39 is 66.0 Å². The van der Waals surface area contributed by atoms with E-state index in [1.807, 2.05) is 0 Å². The molecule has 0 unspecified atom stereocenters. The summed E-state index contributed by atoms with van der Waals surface area (Å²) in [5.74, 6) is -7.43. The maximum atomic E-state index is 13.8. The Balaban J connectivity index is 3.11. The van der Waals surface area contributed by atoms with Crippen molar-refractivity contribution in [3.8, 4) is 5.75 Å². The monoisotopic (exact) mass is 719 g/mol. The Bertz CT molecular complexity index is 1300. The molecule has 51 heavy (non-hydrogen) atoms. The molecule has 0 bridgehead atoms. The highest BCUT2D eigenvalue weighted by Gasteiger charge is 2.50. The summed E-state index contributed by atoms with van der Waals surface area (Å²) in [7, 11) is 1.11. The Labute approximate surface area is 301 Å². The van der Waals surface area contributed by atoms with Crippen LogP contribution in [0.5, 0.6) is 5.75 Å². The fraction of sp³-hybridized carbons (Fsp3) is 0.632. The quantitative estimate of drug-likeness (QED) is 0.0438. The van der Waals surface area contributed by atoms with Crippen molar-refractivity contribution in [3.05, 3.63) is 42.0 Å². The number of aliphatic hydroxyl groups is 1. The second-order valence-corrected chi connectivity index (χ2v) is 13.7. The summed E-state index contributed by atoms with van der Waals surface area (Å²) < 4.78 is 14.7. The molecule has 3 atom stereocenters. The van der Waals surface area contributed by atoms with Gasteiger partial charge in [0.25, 0.3) is 0 Å². The van der Waals surface area contributed by atoms with Gasteiger partial charge in [-0.15, -0.1) is 0 Å². The van der Waals surface area contributed by atoms with Crippen molar-refractivity contribution < 1.29 is 58.3 Å². The molecule has 0 aromatic heterocycles. The second-order valence-electron chi connectivity index (χ2n) is 13.7. The number of nitrogens with one attached hydrogen (secondary N) is 1. The SMILES string of the molecule is CCCCCCCC(=O)CCCCCC/C=C/[C@H](C(=O)N[C@@H](Cc1ccc(O)cc1)C(=O)OC)[C@@](O)(CC(=O)O)C(=O)OCOC(=O)C(C)(C)C. The minimum Gasteiger partial charge on any atom is -0.508 e. The molecule has 4 N–H and O–H groups in total. The Kier molecular flexibility index (Phi) is 20.4. The summed E-state index contributed by atoms with van der Waals surface area (Å²) in [6, 6.07) is 4.50. The molecule has 0 aliphatic heterocycles. The van der Waals surface area contributed by atoms with Crippen LogP contribution in [0.15, 0.2) is 36.4 Å². The van der Waals surface area contributed by atoms with E-state index in [1.54, 1.807) is 20.8 Å². The number of carbonyl (C=O) groups is 6. The number of carboxylic acid groups (broad SMARTS) is 1. The van der Waals surface area contributed by atoms with Crippen molar-refractivity contribution in [1.29, 1.82) is 0 Å². The number of Topliss-reactive ketones (excluding diaryl/α,β-unsaturated/α-hetero) is 1. The predicted octanol–water partition coefficient (Wildman–Crippen LogP) is 5.33. The Morgan fingerprint density at radius 1 is 0.843 bits per heavy atom. The molecule has 0 fully saturated rings. The number of methoxy groups -OCH3 is 1. The third kappa shape index (κ3) is 17.5. The zero-order chi connectivity index (χ0) is 38.5. The summed E-state index contributed by atoms with van der Waals surface area (Å²) in [4.78, 5) is 75.9. The van der Waals surface area contributed by atoms with Crippen molar-refractivity contribution in [2.45, 2.75) is 129 Å². The van der Waals surface area contributed by atoms with Gasteiger partial charge in [0.15, 0.2) is 5.60 Å². The van der Waals surface area contributed by atoms with Gasteiger partial charge >= 0.3 is 23.9 Å². The minimum atomic E-state index is -2.98. The average Bonchev–Trinajstić information content (AvgIpc) is 3.06. The molecular formula is C38H57NO12. The number of aromatic hydroxyl groups is 1. The van der Waals surface area contributed by atoms with E-state index in [9.17, 15) is 44.1 Å². The van der Waals surface area contributed by atoms with E-state index in [0.717, 1.165) is 52.1 Å². The standard InChI is InChI=1S/C38H57NO12/c1-6-7-8-11-14-17-28(40)18-15-12-9-10-13-16-19-30(33(44)39-31(34(45)49-5)24-27-20-22-29(41)23-21-27)38(48,25-32(42)43)36(47)51-26-50-35(46)37(2,3)4/h16,19-23,30-31,41,48H,6-15,17-18,24-26H2,1-5H3,(H,39,44)(H,42,43)/b19-16+/t30-,31+,38+/m1/s1. The number of phenolic OH excluding ortho intramolecular Hbond substituents is 1. The molecule has 13 heteroatoms. The first kappa shape index (κ1) is 44.8. The number of benzene rings is 1. The highest BCUT2D eigenvalue weighted by atomic mass is 16.7. The molecule has 0 spiro atoms. The van der Waals surface area contributed by atoms with Gasteiger partial charge in [-0.05, 0) is 64.2 Å². The van der Waals surface area contributed by atoms with Gasteiger partial charge in [0.1, 0.15) is 17.6 Å². The van der Waals surface area contributed by atoms with Gasteiger partial charge in [0.2, 0.25) is 12.7 Å². The van der Waals surface area contributed by atoms with E-state index in [-0.39, 0.29) is 18.0 Å². The highest BCUT2D eigenvalue weighted by molar-refractivity contribution is 5.95. The van der Waals surface area contributed by atoms with Crippen LogP contribution in [0.2, 0.25) is 0 Å². The Hall–Kier alpha value is -4.26. The van der Waals surface area contributed by atoms with Crippen LogP contribution in [-0.2, 0) is 49.4 Å². The van der Waals surface area contributed by atoms with Crippen molar-refractivity contribution >= 4 is 35.6 Å². The molecule has 1 rings (SSSR count). The van der Waals surface area contributed by atoms with E-state index in [0.29, 0.717) is 31.2 Å². The molecule has 0 aliphatic carbocycles. The van der Waals surface area contributed by atoms with Crippen LogP contribution in [0.1, 0.15) is 117 Å². The number of unbranched alkanes of at least 4 members (excludes halogenated alkanes) is 8. The van der Waals surface area contributed by atoms with Gasteiger partial charge in [0.05, 0.1) is 24.9 Å². The number of allylic oxidation sites excluding steroid dienone is 1. The second kappa shape index (κ2) is 23.3. The Morgan fingerprint density at radius 2 is 1.41 bits per heavy atom. The van der Waals surface area contributed by atoms with Gasteiger partial charge in [-0.25, -0.2) is 9.59 Å². The fourth-order valence-electron chi connectivity index (χ4n) is 5.17. The van der Waals surface area contributed by atoms with E-state index in [4.69, 9.17) is 14.2 Å². The smallest absolute Gasteiger partial charge is 0.342 e. The van der Waals surface area contributed by atoms with Crippen molar-refractivity contribution in [2.75, 3.05) is 13.9 Å². The number of carboxylic acids is 1. The minimum absolute atomic E-state index is 0.0188. The van der Waals surface area contributed by atoms with Gasteiger partial charge < -0.3 is 34.8 Å². The summed E-state index contributed by atoms with van der Waals surface area (Å²) in [6.07, 6.45) is 11.3. The lowest BCUT2D eigenvalue weighted by atomic mass is 9.82. The molecule has 0 radical (unpaired) electrons. The maximum absolute atomic E-state index is 13.8. The fourth-order valence-corrected chi connectivity index (χ4v) is 5.17. The molecule has 13 nitrogen and oxygen atoms in total. The van der Waals surface area contributed by atoms with Crippen LogP contribution in [0.25, 0.3) is 0 Å². The van der Waals surface area contributed by atoms with Crippen LogP contribution in [-0.4, -0.2) is 76.4 Å². The lowest BCUT2D eigenvalue weighted by Crippen LogP contribution is -2.56. The molecule has 1 amide bonds. The number of rotatable bonds is 25. The first-order chi connectivity index (χ1) is 24.0. The molecule has 1 aromatic rings. The molecule has 0 aliphatic rings. The van der Waals surface area contributed by atoms with Crippen molar-refractivity contribution in [2.24, 2.45) is 11.3 Å². The van der Waals surface area contributed by atoms with Crippen LogP contribution in [0.3, 0.4) is 0 Å². The number of ketones is 1. The Morgan fingerprint density at radius 3 is 1.96 bits per heavy atom. The molecule has 0 saturated carbocycles. The molecule has 0 heterocycles. The molecular weight excluding hydrogens is 662 g/mol. The highest BCUT2D eigenvalue weighted by Crippen LogP contribution is 2.27. The maximum Gasteiger partial charge on any atom is 0.342 e. The zero-order valence-corrected chi connectivity index (χ0v) is 30.7. The van der Waals surface area contributed by atoms with Gasteiger partial charge in [-0.3, -0.25) is 19.2 Å². The molecule has 286 valence electrons. The largest absolute Gasteiger partial charge is 0.508 e. The van der Waals surface area contributed by atoms with E-state index >= 15 is 0 Å². The number of carbonyl (C=O) groups excluding carboxylic acids is 5. The number of aliphatic carboxylic acids is 1. The summed E-state index contributed by atoms with van der Waals surface area (Å²) in [5.41, 5.74) is -3.39. The normalized spacial score (nSPS) is 13.8. The number of esters is 3. The lowest BCUT2D eigenvalue weighted by molar-refractivity contribution is -0.192. The van der Waals surface area contributed by atoms with Crippen LogP contribution in [0, 0.1) is 11.3 Å². The summed E-state index contributed by atoms with van der Waals surface area (Å²) >= 11 is 0. The van der Waals surface area contributed by atoms with E-state index in [1.165, 1.54) is 42.8 Å². The molecule has 1 aromatic carbocycles. The van der Waals surface area contributed by atoms with Crippen LogP contribution in [0.4, 0.5) is 0 Å². The zero-order valence-electron chi connectivity index (χ0n) is 30.7. The first-order valence-corrected chi connectivity index (χ1v) is 17.7. The van der Waals surface area contributed by atoms with Crippen LogP contribution >= 0.6 is 0 Å². The number of amides is 1. The van der Waals surface area contributed by atoms with Gasteiger partial charge in [-0.1, -0.05) is 69.7 Å². The summed E-state index contributed by atoms with van der Waals surface area (Å²) in [5, 5.41) is 33.3. The third-order valence-electron chi connectivity index (χ3n) is 8.21. The van der Waals surface area contributed by atoms with Crippen molar-refractivity contribution in [3.63, 3.8) is 0 Å². The van der Waals surface area contributed by atoms with Gasteiger partial charge in [0, 0.05) is 19.3 Å². The summed E-state index contributed by atoms with van der Waals surface area (Å²) in [6.45, 7) is 5.90. The first-order valence-electron chi connectivity index (χ1n) is 17.7. The van der Waals surface area contributed by atoms with Gasteiger partial charge in [-0.2, -0.15) is 0 Å². The van der Waals surface area contributed by atoms with E-state index in [2.05, 4.69) is 12.2 Å². The average molecular weight is 720 g/mol. The molecule has 0 saturated heterocycles. The number of hydrogen-bond donors (Lipinski definition) is 4. The third-order valence-corrected chi connectivity index (χ3v) is 8.21. The number of ether oxygens (including phenoxy) is 3. The number of hydrogen-bond acceptors (Lipinski definition) is 11. The van der Waals surface area contributed by atoms with Crippen LogP contribution < -0.4 is 5.32 Å². The lowest BCUT2D eigenvalue weighted by Gasteiger charge is -2.31. The van der Waals surface area contributed by atoms with Crippen molar-refractivity contribution in [1.82, 2.24) is 5.32 Å². The number of phenols is 1.